The first kappa shape index (κ1) is 13.2. The molecule has 4 heteroatoms. The Morgan fingerprint density at radius 3 is 2.38 bits per heavy atom. The number of para-hydroxylation sites is 1. The lowest BCUT2D eigenvalue weighted by atomic mass is 10.2. The number of aliphatic imine (C=N–C) groups is 1. The Balaban J connectivity index is 2.17. The van der Waals surface area contributed by atoms with Crippen LogP contribution in [0.25, 0.3) is 10.9 Å². The van der Waals surface area contributed by atoms with Gasteiger partial charge in [0.15, 0.2) is 5.82 Å². The maximum atomic E-state index is 4.75. The fourth-order valence-electron chi connectivity index (χ4n) is 2.19. The van der Waals surface area contributed by atoms with Crippen molar-refractivity contribution >= 4 is 22.6 Å². The maximum absolute atomic E-state index is 4.75. The minimum Gasteiger partial charge on any atom is -0.362 e. The first-order valence-corrected chi connectivity index (χ1v) is 6.77. The van der Waals surface area contributed by atoms with E-state index in [0.717, 1.165) is 22.3 Å². The number of amidine groups is 1. The van der Waals surface area contributed by atoms with Crippen molar-refractivity contribution in [2.75, 3.05) is 14.1 Å². The summed E-state index contributed by atoms with van der Waals surface area (Å²) in [6, 6.07) is 18.0. The first-order valence-electron chi connectivity index (χ1n) is 6.77. The molecule has 0 atom stereocenters. The van der Waals surface area contributed by atoms with Gasteiger partial charge in [0, 0.05) is 25.0 Å². The van der Waals surface area contributed by atoms with Gasteiger partial charge in [0.1, 0.15) is 12.2 Å². The third-order valence-corrected chi connectivity index (χ3v) is 3.19. The van der Waals surface area contributed by atoms with Crippen LogP contribution >= 0.6 is 0 Å². The Morgan fingerprint density at radius 2 is 1.62 bits per heavy atom. The van der Waals surface area contributed by atoms with E-state index in [1.54, 1.807) is 6.33 Å². The van der Waals surface area contributed by atoms with Crippen LogP contribution in [0.3, 0.4) is 0 Å². The van der Waals surface area contributed by atoms with E-state index in [0.29, 0.717) is 5.82 Å². The topological polar surface area (TPSA) is 41.4 Å². The number of benzene rings is 2. The molecule has 0 saturated heterocycles. The van der Waals surface area contributed by atoms with Gasteiger partial charge in [0.25, 0.3) is 0 Å². The van der Waals surface area contributed by atoms with Crippen molar-refractivity contribution < 1.29 is 0 Å². The van der Waals surface area contributed by atoms with Gasteiger partial charge in [-0.05, 0) is 12.1 Å². The van der Waals surface area contributed by atoms with Gasteiger partial charge >= 0.3 is 0 Å². The Bertz CT molecular complexity index is 774. The monoisotopic (exact) mass is 276 g/mol. The number of hydrogen-bond donors (Lipinski definition) is 0. The lowest BCUT2D eigenvalue weighted by Crippen LogP contribution is -2.22. The van der Waals surface area contributed by atoms with Crippen molar-refractivity contribution in [1.29, 1.82) is 0 Å². The molecule has 1 heterocycles. The predicted molar refractivity (Wildman–Crippen MR) is 85.9 cm³/mol. The van der Waals surface area contributed by atoms with Crippen molar-refractivity contribution in [3.63, 3.8) is 0 Å². The average Bonchev–Trinajstić information content (AvgIpc) is 2.53. The van der Waals surface area contributed by atoms with Crippen LogP contribution in [0.2, 0.25) is 0 Å². The smallest absolute Gasteiger partial charge is 0.165 e. The second-order valence-corrected chi connectivity index (χ2v) is 4.91. The van der Waals surface area contributed by atoms with E-state index in [9.17, 15) is 0 Å². The molecule has 0 aliphatic heterocycles. The van der Waals surface area contributed by atoms with Gasteiger partial charge in [-0.1, -0.05) is 42.5 Å². The predicted octanol–water partition coefficient (Wildman–Crippen LogP) is 3.27. The molecule has 1 aromatic heterocycles. The molecule has 3 aromatic rings. The van der Waals surface area contributed by atoms with Crippen LogP contribution < -0.4 is 0 Å². The third-order valence-electron chi connectivity index (χ3n) is 3.19. The molecule has 0 spiro atoms. The summed E-state index contributed by atoms with van der Waals surface area (Å²) in [5, 5.41) is 0.954. The molecule has 0 aliphatic rings. The largest absolute Gasteiger partial charge is 0.362 e. The highest BCUT2D eigenvalue weighted by molar-refractivity contribution is 6.01. The molecule has 0 bridgehead atoms. The number of fused-ring (bicyclic) bond motifs is 1. The zero-order valence-electron chi connectivity index (χ0n) is 12.1. The van der Waals surface area contributed by atoms with Gasteiger partial charge in [-0.25, -0.2) is 15.0 Å². The minimum absolute atomic E-state index is 0.688. The highest BCUT2D eigenvalue weighted by atomic mass is 15.2. The number of hydrogen-bond acceptors (Lipinski definition) is 3. The zero-order valence-corrected chi connectivity index (χ0v) is 12.1. The molecule has 104 valence electrons. The van der Waals surface area contributed by atoms with E-state index in [4.69, 9.17) is 4.99 Å². The van der Waals surface area contributed by atoms with Crippen molar-refractivity contribution in [2.45, 2.75) is 0 Å². The van der Waals surface area contributed by atoms with Crippen molar-refractivity contribution in [3.8, 4) is 0 Å². The molecular weight excluding hydrogens is 260 g/mol. The number of aromatic nitrogens is 2. The molecule has 0 amide bonds. The first-order chi connectivity index (χ1) is 10.3. The van der Waals surface area contributed by atoms with Crippen LogP contribution in [-0.2, 0) is 0 Å². The lowest BCUT2D eigenvalue weighted by molar-refractivity contribution is 0.624. The summed E-state index contributed by atoms with van der Waals surface area (Å²) < 4.78 is 0. The number of rotatable bonds is 2. The Morgan fingerprint density at radius 1 is 0.905 bits per heavy atom. The van der Waals surface area contributed by atoms with E-state index in [1.165, 1.54) is 0 Å². The SMILES string of the molecule is CN(C)C(=Nc1ncnc2ccccc12)c1ccccc1. The zero-order chi connectivity index (χ0) is 14.7. The van der Waals surface area contributed by atoms with E-state index < -0.39 is 0 Å². The van der Waals surface area contributed by atoms with Gasteiger partial charge in [-0.3, -0.25) is 0 Å². The Labute approximate surface area is 123 Å². The molecule has 0 saturated carbocycles. The van der Waals surface area contributed by atoms with Crippen LogP contribution in [-0.4, -0.2) is 34.8 Å². The summed E-state index contributed by atoms with van der Waals surface area (Å²) in [5.74, 6) is 1.56. The summed E-state index contributed by atoms with van der Waals surface area (Å²) in [6.07, 6.45) is 1.56. The number of nitrogens with zero attached hydrogens (tertiary/aromatic N) is 4. The van der Waals surface area contributed by atoms with Crippen molar-refractivity contribution in [3.05, 3.63) is 66.5 Å². The normalized spacial score (nSPS) is 11.6. The summed E-state index contributed by atoms with van der Waals surface area (Å²) in [4.78, 5) is 15.3. The fourth-order valence-corrected chi connectivity index (χ4v) is 2.19. The summed E-state index contributed by atoms with van der Waals surface area (Å²) in [6.45, 7) is 0. The van der Waals surface area contributed by atoms with Crippen molar-refractivity contribution in [1.82, 2.24) is 14.9 Å². The highest BCUT2D eigenvalue weighted by Crippen LogP contribution is 2.22. The van der Waals surface area contributed by atoms with E-state index in [2.05, 4.69) is 9.97 Å². The lowest BCUT2D eigenvalue weighted by Gasteiger charge is -2.16. The Kier molecular flexibility index (Phi) is 3.60. The van der Waals surface area contributed by atoms with E-state index in [1.807, 2.05) is 73.6 Å². The molecule has 0 radical (unpaired) electrons. The second kappa shape index (κ2) is 5.71. The van der Waals surface area contributed by atoms with Crippen LogP contribution in [0.4, 0.5) is 5.82 Å². The van der Waals surface area contributed by atoms with Gasteiger partial charge in [0.2, 0.25) is 0 Å². The van der Waals surface area contributed by atoms with Crippen LogP contribution in [0.1, 0.15) is 5.56 Å². The Hall–Kier alpha value is -2.75. The van der Waals surface area contributed by atoms with Crippen LogP contribution in [0.15, 0.2) is 65.9 Å². The molecule has 0 unspecified atom stereocenters. The molecule has 4 nitrogen and oxygen atoms in total. The van der Waals surface area contributed by atoms with Gasteiger partial charge in [-0.15, -0.1) is 0 Å². The highest BCUT2D eigenvalue weighted by Gasteiger charge is 2.08. The summed E-state index contributed by atoms with van der Waals surface area (Å²) in [7, 11) is 3.96. The van der Waals surface area contributed by atoms with Crippen LogP contribution in [0, 0.1) is 0 Å². The second-order valence-electron chi connectivity index (χ2n) is 4.91. The molecule has 0 N–H and O–H groups in total. The minimum atomic E-state index is 0.688. The quantitative estimate of drug-likeness (QED) is 0.533. The molecule has 0 fully saturated rings. The standard InChI is InChI=1S/C17H16N4/c1-21(2)17(13-8-4-3-5-9-13)20-16-14-10-6-7-11-15(14)18-12-19-16/h3-12H,1-2H3. The molecule has 21 heavy (non-hydrogen) atoms. The van der Waals surface area contributed by atoms with E-state index in [-0.39, 0.29) is 0 Å². The van der Waals surface area contributed by atoms with Gasteiger partial charge < -0.3 is 4.90 Å². The fraction of sp³-hybridized carbons (Fsp3) is 0.118. The van der Waals surface area contributed by atoms with E-state index >= 15 is 0 Å². The van der Waals surface area contributed by atoms with Gasteiger partial charge in [0.05, 0.1) is 5.52 Å². The molecule has 2 aromatic carbocycles. The third kappa shape index (κ3) is 2.74. The average molecular weight is 276 g/mol. The molecule has 3 rings (SSSR count). The molecular formula is C17H16N4. The summed E-state index contributed by atoms with van der Waals surface area (Å²) in [5.41, 5.74) is 1.96. The van der Waals surface area contributed by atoms with Crippen LogP contribution in [0.5, 0.6) is 0 Å². The summed E-state index contributed by atoms with van der Waals surface area (Å²) >= 11 is 0. The van der Waals surface area contributed by atoms with Crippen molar-refractivity contribution in [2.24, 2.45) is 4.99 Å². The van der Waals surface area contributed by atoms with Gasteiger partial charge in [-0.2, -0.15) is 0 Å². The molecule has 0 aliphatic carbocycles. The maximum Gasteiger partial charge on any atom is 0.165 e.